The molecule has 0 radical (unpaired) electrons. The zero-order chi connectivity index (χ0) is 12.7. The van der Waals surface area contributed by atoms with Gasteiger partial charge in [-0.3, -0.25) is 14.3 Å². The summed E-state index contributed by atoms with van der Waals surface area (Å²) in [6.07, 6.45) is 1.14. The van der Waals surface area contributed by atoms with Crippen molar-refractivity contribution in [2.24, 2.45) is 7.05 Å². The molecule has 0 aliphatic heterocycles. The third-order valence-electron chi connectivity index (χ3n) is 2.62. The molecule has 0 unspecified atom stereocenters. The minimum atomic E-state index is -1.16. The summed E-state index contributed by atoms with van der Waals surface area (Å²) in [7, 11) is 1.45. The van der Waals surface area contributed by atoms with E-state index in [4.69, 9.17) is 5.11 Å². The molecular formula is C10H9N3O4. The molecule has 88 valence electrons. The SMILES string of the molecule is Cc1c(C(=O)O)cnc2c1c(=O)[nH]c(=O)n2C. The van der Waals surface area contributed by atoms with Crippen LogP contribution < -0.4 is 11.2 Å². The van der Waals surface area contributed by atoms with Gasteiger partial charge >= 0.3 is 11.7 Å². The number of hydrogen-bond acceptors (Lipinski definition) is 4. The molecule has 0 aliphatic rings. The van der Waals surface area contributed by atoms with Crippen LogP contribution in [0.1, 0.15) is 15.9 Å². The maximum Gasteiger partial charge on any atom is 0.337 e. The van der Waals surface area contributed by atoms with Crippen LogP contribution in [0.2, 0.25) is 0 Å². The molecule has 0 atom stereocenters. The number of aromatic amines is 1. The van der Waals surface area contributed by atoms with Gasteiger partial charge in [-0.2, -0.15) is 0 Å². The van der Waals surface area contributed by atoms with Gasteiger partial charge < -0.3 is 5.11 Å². The van der Waals surface area contributed by atoms with E-state index in [-0.39, 0.29) is 16.6 Å². The maximum atomic E-state index is 11.6. The number of pyridine rings is 1. The Balaban J connectivity index is 3.07. The molecule has 2 rings (SSSR count). The third kappa shape index (κ3) is 1.52. The molecule has 0 aromatic carbocycles. The summed E-state index contributed by atoms with van der Waals surface area (Å²) >= 11 is 0. The van der Waals surface area contributed by atoms with Crippen LogP contribution in [-0.4, -0.2) is 25.6 Å². The molecule has 0 amide bonds. The van der Waals surface area contributed by atoms with E-state index in [1.165, 1.54) is 14.0 Å². The molecule has 2 aromatic heterocycles. The van der Waals surface area contributed by atoms with Crippen LogP contribution in [0.15, 0.2) is 15.8 Å². The van der Waals surface area contributed by atoms with Crippen LogP contribution in [-0.2, 0) is 7.05 Å². The number of aromatic carboxylic acids is 1. The molecule has 17 heavy (non-hydrogen) atoms. The molecule has 0 spiro atoms. The molecular weight excluding hydrogens is 226 g/mol. The summed E-state index contributed by atoms with van der Waals surface area (Å²) in [6.45, 7) is 1.51. The normalized spacial score (nSPS) is 10.7. The van der Waals surface area contributed by atoms with E-state index in [9.17, 15) is 14.4 Å². The second kappa shape index (κ2) is 3.55. The Bertz CT molecular complexity index is 742. The average Bonchev–Trinajstić information content (AvgIpc) is 2.25. The number of H-pyrrole nitrogens is 1. The first-order chi connectivity index (χ1) is 7.93. The lowest BCUT2D eigenvalue weighted by Gasteiger charge is -2.06. The molecule has 0 aliphatic carbocycles. The first-order valence-electron chi connectivity index (χ1n) is 4.75. The number of nitrogens with zero attached hydrogens (tertiary/aromatic N) is 2. The van der Waals surface area contributed by atoms with Crippen LogP contribution in [0.4, 0.5) is 0 Å². The molecule has 2 heterocycles. The first-order valence-corrected chi connectivity index (χ1v) is 4.75. The standard InChI is InChI=1S/C10H9N3O4/c1-4-5(9(15)16)3-11-7-6(4)8(14)12-10(17)13(7)2/h3H,1-2H3,(H,15,16)(H,12,14,17). The number of rotatable bonds is 1. The largest absolute Gasteiger partial charge is 0.478 e. The molecule has 7 nitrogen and oxygen atoms in total. The number of fused-ring (bicyclic) bond motifs is 1. The van der Waals surface area contributed by atoms with E-state index in [0.29, 0.717) is 5.56 Å². The van der Waals surface area contributed by atoms with Crippen LogP contribution >= 0.6 is 0 Å². The monoisotopic (exact) mass is 235 g/mol. The zero-order valence-corrected chi connectivity index (χ0v) is 9.14. The minimum absolute atomic E-state index is 0.0540. The summed E-state index contributed by atoms with van der Waals surface area (Å²) in [5, 5.41) is 9.04. The smallest absolute Gasteiger partial charge is 0.337 e. The van der Waals surface area contributed by atoms with Gasteiger partial charge in [0.05, 0.1) is 10.9 Å². The number of carboxylic acid groups (broad SMARTS) is 1. The first kappa shape index (κ1) is 11.1. The maximum absolute atomic E-state index is 11.6. The highest BCUT2D eigenvalue weighted by atomic mass is 16.4. The van der Waals surface area contributed by atoms with Gasteiger partial charge in [-0.15, -0.1) is 0 Å². The van der Waals surface area contributed by atoms with Crippen molar-refractivity contribution >= 4 is 17.0 Å². The van der Waals surface area contributed by atoms with E-state index in [2.05, 4.69) is 9.97 Å². The minimum Gasteiger partial charge on any atom is -0.478 e. The fourth-order valence-corrected chi connectivity index (χ4v) is 1.67. The van der Waals surface area contributed by atoms with E-state index in [1.807, 2.05) is 0 Å². The van der Waals surface area contributed by atoms with Crippen molar-refractivity contribution in [2.75, 3.05) is 0 Å². The Morgan fingerprint density at radius 1 is 1.47 bits per heavy atom. The summed E-state index contributed by atoms with van der Waals surface area (Å²) in [4.78, 5) is 39.8. The van der Waals surface area contributed by atoms with Crippen molar-refractivity contribution in [3.8, 4) is 0 Å². The molecule has 0 saturated heterocycles. The Labute approximate surface area is 94.4 Å². The third-order valence-corrected chi connectivity index (χ3v) is 2.62. The van der Waals surface area contributed by atoms with Gasteiger partial charge in [0.2, 0.25) is 0 Å². The lowest BCUT2D eigenvalue weighted by atomic mass is 10.1. The molecule has 2 N–H and O–H groups in total. The van der Waals surface area contributed by atoms with Gasteiger partial charge in [0.15, 0.2) is 0 Å². The number of carbonyl (C=O) groups is 1. The van der Waals surface area contributed by atoms with Gasteiger partial charge in [0, 0.05) is 13.2 Å². The molecule has 2 aromatic rings. The zero-order valence-electron chi connectivity index (χ0n) is 9.14. The van der Waals surface area contributed by atoms with E-state index in [1.54, 1.807) is 0 Å². The van der Waals surface area contributed by atoms with E-state index in [0.717, 1.165) is 10.8 Å². The lowest BCUT2D eigenvalue weighted by Crippen LogP contribution is -2.29. The highest BCUT2D eigenvalue weighted by Crippen LogP contribution is 2.14. The predicted octanol–water partition coefficient (Wildman–Crippen LogP) is -0.372. The van der Waals surface area contributed by atoms with Gasteiger partial charge in [-0.1, -0.05) is 0 Å². The number of aromatic nitrogens is 3. The van der Waals surface area contributed by atoms with Crippen molar-refractivity contribution in [1.82, 2.24) is 14.5 Å². The van der Waals surface area contributed by atoms with Crippen molar-refractivity contribution in [3.63, 3.8) is 0 Å². The summed E-state index contributed by atoms with van der Waals surface area (Å²) in [5.74, 6) is -1.16. The second-order valence-electron chi connectivity index (χ2n) is 3.62. The van der Waals surface area contributed by atoms with Crippen LogP contribution in [0.3, 0.4) is 0 Å². The van der Waals surface area contributed by atoms with Gasteiger partial charge in [-0.05, 0) is 12.5 Å². The summed E-state index contributed by atoms with van der Waals surface area (Å²) in [5.41, 5.74) is -0.809. The number of aryl methyl sites for hydroxylation is 2. The number of nitrogens with one attached hydrogen (secondary N) is 1. The molecule has 0 fully saturated rings. The fraction of sp³-hybridized carbons (Fsp3) is 0.200. The number of carboxylic acids is 1. The Kier molecular flexibility index (Phi) is 2.31. The van der Waals surface area contributed by atoms with Crippen LogP contribution in [0, 0.1) is 6.92 Å². The van der Waals surface area contributed by atoms with Crippen LogP contribution in [0.25, 0.3) is 11.0 Å². The Morgan fingerprint density at radius 2 is 2.12 bits per heavy atom. The molecule has 0 saturated carbocycles. The predicted molar refractivity (Wildman–Crippen MR) is 59.3 cm³/mol. The molecule has 0 bridgehead atoms. The lowest BCUT2D eigenvalue weighted by molar-refractivity contribution is 0.0696. The van der Waals surface area contributed by atoms with Gasteiger partial charge in [0.1, 0.15) is 5.65 Å². The summed E-state index contributed by atoms with van der Waals surface area (Å²) < 4.78 is 1.16. The van der Waals surface area contributed by atoms with Crippen molar-refractivity contribution in [3.05, 3.63) is 38.2 Å². The van der Waals surface area contributed by atoms with Crippen molar-refractivity contribution < 1.29 is 9.90 Å². The highest BCUT2D eigenvalue weighted by molar-refractivity contribution is 5.94. The second-order valence-corrected chi connectivity index (χ2v) is 3.62. The Hall–Kier alpha value is -2.44. The average molecular weight is 235 g/mol. The fourth-order valence-electron chi connectivity index (χ4n) is 1.67. The van der Waals surface area contributed by atoms with Crippen LogP contribution in [0.5, 0.6) is 0 Å². The van der Waals surface area contributed by atoms with Gasteiger partial charge in [0.25, 0.3) is 5.56 Å². The van der Waals surface area contributed by atoms with Gasteiger partial charge in [-0.25, -0.2) is 14.6 Å². The van der Waals surface area contributed by atoms with E-state index < -0.39 is 17.2 Å². The highest BCUT2D eigenvalue weighted by Gasteiger charge is 2.15. The van der Waals surface area contributed by atoms with Crippen molar-refractivity contribution in [2.45, 2.75) is 6.92 Å². The number of hydrogen-bond donors (Lipinski definition) is 2. The van der Waals surface area contributed by atoms with E-state index >= 15 is 0 Å². The summed E-state index contributed by atoms with van der Waals surface area (Å²) in [6, 6.07) is 0. The quantitative estimate of drug-likeness (QED) is 0.701. The molecule has 7 heteroatoms. The topological polar surface area (TPSA) is 105 Å². The Morgan fingerprint density at radius 3 is 2.71 bits per heavy atom. The van der Waals surface area contributed by atoms with Crippen molar-refractivity contribution in [1.29, 1.82) is 0 Å².